The molecule has 0 atom stereocenters. The van der Waals surface area contributed by atoms with Crippen molar-refractivity contribution in [3.05, 3.63) is 42.0 Å². The van der Waals surface area contributed by atoms with Gasteiger partial charge >= 0.3 is 6.09 Å². The Morgan fingerprint density at radius 2 is 1.68 bits per heavy atom. The molecule has 154 valence electrons. The largest absolute Gasteiger partial charge is 0.444 e. The molecule has 0 spiro atoms. The summed E-state index contributed by atoms with van der Waals surface area (Å²) >= 11 is 0. The third-order valence-electron chi connectivity index (χ3n) is 5.66. The Kier molecular flexibility index (Phi) is 6.78. The number of piperidine rings is 1. The monoisotopic (exact) mass is 385 g/mol. The highest BCUT2D eigenvalue weighted by Gasteiger charge is 2.30. The minimum atomic E-state index is -0.420. The molecule has 0 aromatic heterocycles. The highest BCUT2D eigenvalue weighted by molar-refractivity contribution is 5.68. The average Bonchev–Trinajstić information content (AvgIpc) is 2.68. The summed E-state index contributed by atoms with van der Waals surface area (Å²) < 4.78 is 5.50. The van der Waals surface area contributed by atoms with Crippen molar-refractivity contribution < 1.29 is 9.53 Å². The van der Waals surface area contributed by atoms with E-state index in [1.807, 2.05) is 31.7 Å². The molecule has 2 fully saturated rings. The van der Waals surface area contributed by atoms with Crippen LogP contribution in [-0.2, 0) is 11.3 Å². The molecule has 5 nitrogen and oxygen atoms in total. The highest BCUT2D eigenvalue weighted by atomic mass is 16.6. The van der Waals surface area contributed by atoms with Crippen LogP contribution in [0.1, 0.15) is 44.7 Å². The van der Waals surface area contributed by atoms with Crippen molar-refractivity contribution in [1.82, 2.24) is 14.7 Å². The Hall–Kier alpha value is -1.85. The molecule has 5 heteroatoms. The van der Waals surface area contributed by atoms with E-state index in [2.05, 4.69) is 40.6 Å². The van der Waals surface area contributed by atoms with Gasteiger partial charge in [-0.15, -0.1) is 0 Å². The molecule has 2 aliphatic rings. The van der Waals surface area contributed by atoms with Crippen molar-refractivity contribution >= 4 is 12.2 Å². The summed E-state index contributed by atoms with van der Waals surface area (Å²) in [5.41, 5.74) is 2.12. The van der Waals surface area contributed by atoms with Crippen molar-refractivity contribution in [2.75, 3.05) is 39.3 Å². The second-order valence-corrected chi connectivity index (χ2v) is 8.96. The molecule has 1 aromatic rings. The zero-order valence-corrected chi connectivity index (χ0v) is 17.7. The first kappa shape index (κ1) is 20.9. The second kappa shape index (κ2) is 9.10. The SMILES string of the molecule is C=Cc1ccc(CN2CCN(C3CCN(C(=O)OC(C)(C)C)CC3)CC2)cc1. The lowest BCUT2D eigenvalue weighted by molar-refractivity contribution is 0.00969. The number of hydrogen-bond acceptors (Lipinski definition) is 4. The van der Waals surface area contributed by atoms with Gasteiger partial charge in [-0.05, 0) is 44.7 Å². The van der Waals surface area contributed by atoms with Crippen LogP contribution in [0.15, 0.2) is 30.8 Å². The van der Waals surface area contributed by atoms with Crippen LogP contribution in [0.4, 0.5) is 4.79 Å². The van der Waals surface area contributed by atoms with E-state index in [0.717, 1.165) is 58.7 Å². The number of hydrogen-bond donors (Lipinski definition) is 0. The molecule has 0 radical (unpaired) electrons. The molecule has 2 heterocycles. The van der Waals surface area contributed by atoms with Crippen LogP contribution >= 0.6 is 0 Å². The van der Waals surface area contributed by atoms with Gasteiger partial charge in [0, 0.05) is 51.9 Å². The fourth-order valence-electron chi connectivity index (χ4n) is 4.04. The third-order valence-corrected chi connectivity index (χ3v) is 5.66. The molecule has 0 bridgehead atoms. The number of amides is 1. The van der Waals surface area contributed by atoms with Gasteiger partial charge in [-0.3, -0.25) is 9.80 Å². The maximum absolute atomic E-state index is 12.2. The number of benzene rings is 1. The zero-order chi connectivity index (χ0) is 20.1. The predicted octanol–water partition coefficient (Wildman–Crippen LogP) is 3.85. The van der Waals surface area contributed by atoms with Crippen molar-refractivity contribution in [2.45, 2.75) is 51.8 Å². The number of rotatable bonds is 4. The summed E-state index contributed by atoms with van der Waals surface area (Å²) in [5.74, 6) is 0. The van der Waals surface area contributed by atoms with Gasteiger partial charge in [0.05, 0.1) is 0 Å². The summed E-state index contributed by atoms with van der Waals surface area (Å²) in [6.07, 6.45) is 3.81. The fourth-order valence-corrected chi connectivity index (χ4v) is 4.04. The van der Waals surface area contributed by atoms with Crippen molar-refractivity contribution in [3.63, 3.8) is 0 Å². The molecule has 0 unspecified atom stereocenters. The normalized spacial score (nSPS) is 20.2. The first-order chi connectivity index (χ1) is 13.3. The van der Waals surface area contributed by atoms with Crippen LogP contribution in [0, 0.1) is 0 Å². The standard InChI is InChI=1S/C23H35N3O2/c1-5-19-6-8-20(9-7-19)18-24-14-16-25(17-15-24)21-10-12-26(13-11-21)22(27)28-23(2,3)4/h5-9,21H,1,10-18H2,2-4H3. The van der Waals surface area contributed by atoms with Gasteiger partial charge in [-0.25, -0.2) is 4.79 Å². The average molecular weight is 386 g/mol. The molecule has 3 rings (SSSR count). The Morgan fingerprint density at radius 1 is 1.07 bits per heavy atom. The Bertz CT molecular complexity index is 649. The molecule has 2 saturated heterocycles. The summed E-state index contributed by atoms with van der Waals surface area (Å²) in [6, 6.07) is 9.27. The lowest BCUT2D eigenvalue weighted by atomic mass is 10.0. The van der Waals surface area contributed by atoms with Crippen LogP contribution in [0.2, 0.25) is 0 Å². The second-order valence-electron chi connectivity index (χ2n) is 8.96. The summed E-state index contributed by atoms with van der Waals surface area (Å²) in [7, 11) is 0. The van der Waals surface area contributed by atoms with E-state index < -0.39 is 5.60 Å². The minimum absolute atomic E-state index is 0.168. The molecule has 0 aliphatic carbocycles. The van der Waals surface area contributed by atoms with Crippen LogP contribution < -0.4 is 0 Å². The van der Waals surface area contributed by atoms with Gasteiger partial charge in [-0.1, -0.05) is 36.9 Å². The molecule has 0 saturated carbocycles. The number of carbonyl (C=O) groups excluding carboxylic acids is 1. The Labute approximate surface area is 169 Å². The van der Waals surface area contributed by atoms with Crippen LogP contribution in [0.25, 0.3) is 6.08 Å². The lowest BCUT2D eigenvalue weighted by Gasteiger charge is -2.42. The van der Waals surface area contributed by atoms with E-state index in [9.17, 15) is 4.79 Å². The molecule has 1 aromatic carbocycles. The van der Waals surface area contributed by atoms with E-state index in [-0.39, 0.29) is 6.09 Å². The Balaban J connectivity index is 1.40. The summed E-state index contributed by atoms with van der Waals surface area (Å²) in [6.45, 7) is 16.6. The minimum Gasteiger partial charge on any atom is -0.444 e. The first-order valence-electron chi connectivity index (χ1n) is 10.5. The topological polar surface area (TPSA) is 36.0 Å². The summed E-state index contributed by atoms with van der Waals surface area (Å²) in [4.78, 5) is 19.2. The van der Waals surface area contributed by atoms with Crippen molar-refractivity contribution in [3.8, 4) is 0 Å². The van der Waals surface area contributed by atoms with Crippen LogP contribution in [0.3, 0.4) is 0 Å². The van der Waals surface area contributed by atoms with E-state index in [0.29, 0.717) is 6.04 Å². The van der Waals surface area contributed by atoms with Crippen LogP contribution in [-0.4, -0.2) is 71.7 Å². The fraction of sp³-hybridized carbons (Fsp3) is 0.609. The maximum Gasteiger partial charge on any atom is 0.410 e. The van der Waals surface area contributed by atoms with E-state index in [1.54, 1.807) is 0 Å². The van der Waals surface area contributed by atoms with Crippen molar-refractivity contribution in [1.29, 1.82) is 0 Å². The predicted molar refractivity (Wildman–Crippen MR) is 114 cm³/mol. The molecular formula is C23H35N3O2. The maximum atomic E-state index is 12.2. The van der Waals surface area contributed by atoms with Gasteiger partial charge in [0.1, 0.15) is 5.60 Å². The molecule has 28 heavy (non-hydrogen) atoms. The van der Waals surface area contributed by atoms with Gasteiger partial charge < -0.3 is 9.64 Å². The summed E-state index contributed by atoms with van der Waals surface area (Å²) in [5, 5.41) is 0. The van der Waals surface area contributed by atoms with Gasteiger partial charge in [0.25, 0.3) is 0 Å². The quantitative estimate of drug-likeness (QED) is 0.789. The first-order valence-corrected chi connectivity index (χ1v) is 10.5. The van der Waals surface area contributed by atoms with Gasteiger partial charge in [0.2, 0.25) is 0 Å². The zero-order valence-electron chi connectivity index (χ0n) is 17.7. The van der Waals surface area contributed by atoms with Gasteiger partial charge in [-0.2, -0.15) is 0 Å². The number of nitrogens with zero attached hydrogens (tertiary/aromatic N) is 3. The van der Waals surface area contributed by atoms with E-state index in [4.69, 9.17) is 4.74 Å². The lowest BCUT2D eigenvalue weighted by Crippen LogP contribution is -2.53. The number of likely N-dealkylation sites (tertiary alicyclic amines) is 1. The van der Waals surface area contributed by atoms with Crippen molar-refractivity contribution in [2.24, 2.45) is 0 Å². The highest BCUT2D eigenvalue weighted by Crippen LogP contribution is 2.21. The number of carbonyl (C=O) groups is 1. The van der Waals surface area contributed by atoms with E-state index >= 15 is 0 Å². The van der Waals surface area contributed by atoms with Crippen LogP contribution in [0.5, 0.6) is 0 Å². The number of ether oxygens (including phenoxy) is 1. The molecule has 1 amide bonds. The van der Waals surface area contributed by atoms with E-state index in [1.165, 1.54) is 11.1 Å². The number of piperazine rings is 1. The van der Waals surface area contributed by atoms with Gasteiger partial charge in [0.15, 0.2) is 0 Å². The Morgan fingerprint density at radius 3 is 2.21 bits per heavy atom. The molecular weight excluding hydrogens is 350 g/mol. The molecule has 0 N–H and O–H groups in total. The third kappa shape index (κ3) is 5.82. The smallest absolute Gasteiger partial charge is 0.410 e. The molecule has 2 aliphatic heterocycles.